The Bertz CT molecular complexity index is 1680. The van der Waals surface area contributed by atoms with Crippen LogP contribution < -0.4 is 15.5 Å². The van der Waals surface area contributed by atoms with Crippen LogP contribution in [0, 0.1) is 23.1 Å². The highest BCUT2D eigenvalue weighted by atomic mass is 19.1. The zero-order valence-electron chi connectivity index (χ0n) is 21.4. The summed E-state index contributed by atoms with van der Waals surface area (Å²) in [6.07, 6.45) is 8.05. The minimum atomic E-state index is -0.630. The lowest BCUT2D eigenvalue weighted by atomic mass is 9.95. The van der Waals surface area contributed by atoms with Crippen molar-refractivity contribution in [1.82, 2.24) is 24.8 Å². The van der Waals surface area contributed by atoms with Crippen molar-refractivity contribution in [2.75, 3.05) is 29.4 Å². The number of primary amides is 1. The summed E-state index contributed by atoms with van der Waals surface area (Å²) in [6.45, 7) is 2.40. The summed E-state index contributed by atoms with van der Waals surface area (Å²) < 4.78 is 14.0. The van der Waals surface area contributed by atoms with Crippen molar-refractivity contribution in [3.05, 3.63) is 77.9 Å². The lowest BCUT2D eigenvalue weighted by molar-refractivity contribution is 0.0995. The second-order valence-corrected chi connectivity index (χ2v) is 9.86. The van der Waals surface area contributed by atoms with Gasteiger partial charge < -0.3 is 15.5 Å². The van der Waals surface area contributed by atoms with Gasteiger partial charge in [0, 0.05) is 43.8 Å². The highest BCUT2D eigenvalue weighted by Crippen LogP contribution is 2.36. The Morgan fingerprint density at radius 1 is 1.12 bits per heavy atom. The van der Waals surface area contributed by atoms with Crippen molar-refractivity contribution >= 4 is 40.0 Å². The molecule has 2 N–H and O–H groups in total. The number of rotatable bonds is 5. The van der Waals surface area contributed by atoms with Crippen LogP contribution in [0.3, 0.4) is 0 Å². The van der Waals surface area contributed by atoms with Gasteiger partial charge in [0.2, 0.25) is 0 Å². The monoisotopic (exact) mass is 537 g/mol. The van der Waals surface area contributed by atoms with Gasteiger partial charge in [-0.1, -0.05) is 0 Å². The van der Waals surface area contributed by atoms with Crippen molar-refractivity contribution in [3.63, 3.8) is 0 Å². The number of hydrogen-bond donors (Lipinski definition) is 1. The summed E-state index contributed by atoms with van der Waals surface area (Å²) in [6, 6.07) is 9.05. The molecule has 4 aromatic rings. The van der Waals surface area contributed by atoms with E-state index in [1.165, 1.54) is 29.4 Å². The number of pyridine rings is 2. The van der Waals surface area contributed by atoms with Gasteiger partial charge in [0.1, 0.15) is 29.7 Å². The molecule has 200 valence electrons. The smallest absolute Gasteiger partial charge is 0.329 e. The number of nitrogens with zero attached hydrogens (tertiary/aromatic N) is 8. The number of nitrogens with two attached hydrogens (primary N) is 1. The predicted octanol–water partition coefficient (Wildman–Crippen LogP) is 3.52. The van der Waals surface area contributed by atoms with E-state index in [0.29, 0.717) is 30.0 Å². The van der Waals surface area contributed by atoms with E-state index in [4.69, 9.17) is 5.73 Å². The molecule has 2 aliphatic heterocycles. The van der Waals surface area contributed by atoms with Crippen LogP contribution >= 0.6 is 0 Å². The maximum absolute atomic E-state index is 14.0. The molecule has 0 spiro atoms. The Hall–Kier alpha value is -5.18. The number of amides is 3. The number of benzene rings is 1. The van der Waals surface area contributed by atoms with Gasteiger partial charge in [0.05, 0.1) is 34.4 Å². The van der Waals surface area contributed by atoms with Crippen LogP contribution in [0.5, 0.6) is 0 Å². The number of nitriles is 1. The van der Waals surface area contributed by atoms with Crippen LogP contribution in [-0.2, 0) is 6.54 Å². The largest absolute Gasteiger partial charge is 0.364 e. The van der Waals surface area contributed by atoms with Gasteiger partial charge in [-0.15, -0.1) is 0 Å². The molecule has 1 fully saturated rings. The lowest BCUT2D eigenvalue weighted by Gasteiger charge is -2.40. The summed E-state index contributed by atoms with van der Waals surface area (Å²) in [7, 11) is 0. The molecule has 40 heavy (non-hydrogen) atoms. The SMILES string of the molecule is N#Cc1cc(N2C(=O)N(CC3CCN(c4ncnc5cc(C(N)=O)ncc45)CC3)Cc3cnccc32)ccc1F. The number of urea groups is 1. The number of carbonyl (C=O) groups is 2. The van der Waals surface area contributed by atoms with Gasteiger partial charge >= 0.3 is 6.03 Å². The molecule has 0 atom stereocenters. The molecular formula is C28H24FN9O2. The van der Waals surface area contributed by atoms with Crippen LogP contribution in [-0.4, -0.2) is 56.4 Å². The summed E-state index contributed by atoms with van der Waals surface area (Å²) in [5.41, 5.74) is 7.96. The molecule has 0 bridgehead atoms. The van der Waals surface area contributed by atoms with Crippen molar-refractivity contribution in [1.29, 1.82) is 5.26 Å². The predicted molar refractivity (Wildman–Crippen MR) is 144 cm³/mol. The van der Waals surface area contributed by atoms with E-state index in [2.05, 4.69) is 24.8 Å². The van der Waals surface area contributed by atoms with Crippen LogP contribution in [0.15, 0.2) is 55.2 Å². The van der Waals surface area contributed by atoms with Crippen molar-refractivity contribution in [3.8, 4) is 6.07 Å². The molecule has 0 saturated carbocycles. The fourth-order valence-electron chi connectivity index (χ4n) is 5.37. The minimum absolute atomic E-state index is 0.122. The average Bonchev–Trinajstić information content (AvgIpc) is 2.98. The van der Waals surface area contributed by atoms with Gasteiger partial charge in [-0.25, -0.2) is 19.2 Å². The Morgan fingerprint density at radius 3 is 2.73 bits per heavy atom. The third-order valence-corrected chi connectivity index (χ3v) is 7.42. The van der Waals surface area contributed by atoms with Crippen LogP contribution in [0.2, 0.25) is 0 Å². The first kappa shape index (κ1) is 25.1. The molecule has 5 heterocycles. The average molecular weight is 538 g/mol. The quantitative estimate of drug-likeness (QED) is 0.407. The van der Waals surface area contributed by atoms with E-state index < -0.39 is 11.7 Å². The third-order valence-electron chi connectivity index (χ3n) is 7.42. The van der Waals surface area contributed by atoms with Crippen LogP contribution in [0.4, 0.5) is 26.4 Å². The fraction of sp³-hybridized carbons (Fsp3) is 0.250. The second-order valence-electron chi connectivity index (χ2n) is 9.86. The molecule has 0 unspecified atom stereocenters. The van der Waals surface area contributed by atoms with Crippen molar-refractivity contribution in [2.45, 2.75) is 19.4 Å². The van der Waals surface area contributed by atoms with Crippen molar-refractivity contribution in [2.24, 2.45) is 11.7 Å². The molecule has 1 saturated heterocycles. The summed E-state index contributed by atoms with van der Waals surface area (Å²) >= 11 is 0. The number of hydrogen-bond acceptors (Lipinski definition) is 8. The van der Waals surface area contributed by atoms with Gasteiger partial charge in [-0.05, 0) is 49.1 Å². The Kier molecular flexibility index (Phi) is 6.39. The normalized spacial score (nSPS) is 15.7. The number of fused-ring (bicyclic) bond motifs is 2. The van der Waals surface area contributed by atoms with Gasteiger partial charge in [0.15, 0.2) is 0 Å². The lowest BCUT2D eigenvalue weighted by Crippen LogP contribution is -2.48. The van der Waals surface area contributed by atoms with Crippen LogP contribution in [0.1, 0.15) is 34.5 Å². The summed E-state index contributed by atoms with van der Waals surface area (Å²) in [4.78, 5) is 47.9. The molecule has 0 radical (unpaired) electrons. The van der Waals surface area contributed by atoms with Crippen LogP contribution in [0.25, 0.3) is 10.9 Å². The maximum Gasteiger partial charge on any atom is 0.329 e. The number of carbonyl (C=O) groups excluding carboxylic acids is 2. The minimum Gasteiger partial charge on any atom is -0.364 e. The molecule has 3 aromatic heterocycles. The van der Waals surface area contributed by atoms with Gasteiger partial charge in [0.25, 0.3) is 5.91 Å². The van der Waals surface area contributed by atoms with E-state index in [-0.39, 0.29) is 23.2 Å². The zero-order valence-corrected chi connectivity index (χ0v) is 21.4. The molecular weight excluding hydrogens is 513 g/mol. The standard InChI is InChI=1S/C28H24FN9O2/c29-22-2-1-20(9-18(22)11-30)38-25-3-6-32-12-19(25)15-37(28(38)40)14-17-4-7-36(8-5-17)27-21-13-33-24(26(31)39)10-23(21)34-16-35-27/h1-3,6,9-10,12-13,16-17H,4-5,7-8,14-15H2,(H2,31,39). The molecule has 11 nitrogen and oxygen atoms in total. The maximum atomic E-state index is 14.0. The Balaban J connectivity index is 1.19. The van der Waals surface area contributed by atoms with Gasteiger partial charge in [-0.3, -0.25) is 19.7 Å². The summed E-state index contributed by atoms with van der Waals surface area (Å²) in [5, 5.41) is 10.1. The highest BCUT2D eigenvalue weighted by molar-refractivity contribution is 6.02. The topological polar surface area (TPSA) is 145 Å². The van der Waals surface area contributed by atoms with E-state index in [1.54, 1.807) is 35.6 Å². The Labute approximate surface area is 228 Å². The molecule has 6 rings (SSSR count). The van der Waals surface area contributed by atoms with E-state index in [0.717, 1.165) is 42.7 Å². The number of anilines is 3. The highest BCUT2D eigenvalue weighted by Gasteiger charge is 2.34. The van der Waals surface area contributed by atoms with E-state index in [9.17, 15) is 19.2 Å². The molecule has 3 amide bonds. The molecule has 2 aliphatic rings. The van der Waals surface area contributed by atoms with Crippen molar-refractivity contribution < 1.29 is 14.0 Å². The zero-order chi connectivity index (χ0) is 27.8. The summed E-state index contributed by atoms with van der Waals surface area (Å²) in [5.74, 6) is -0.250. The number of piperidine rings is 1. The van der Waals surface area contributed by atoms with E-state index >= 15 is 0 Å². The third kappa shape index (κ3) is 4.51. The Morgan fingerprint density at radius 2 is 1.95 bits per heavy atom. The molecule has 0 aliphatic carbocycles. The number of halogens is 1. The second kappa shape index (κ2) is 10.2. The van der Waals surface area contributed by atoms with E-state index in [1.807, 2.05) is 6.07 Å². The van der Waals surface area contributed by atoms with Gasteiger partial charge in [-0.2, -0.15) is 5.26 Å². The number of aromatic nitrogens is 4. The fourth-order valence-corrected chi connectivity index (χ4v) is 5.37. The first-order valence-electron chi connectivity index (χ1n) is 12.8. The first-order valence-corrected chi connectivity index (χ1v) is 12.8. The first-order chi connectivity index (χ1) is 19.4. The molecule has 1 aromatic carbocycles. The molecule has 12 heteroatoms.